The lowest BCUT2D eigenvalue weighted by atomic mass is 10.1. The molecule has 0 aliphatic carbocycles. The van der Waals surface area contributed by atoms with Gasteiger partial charge in [-0.2, -0.15) is 0 Å². The smallest absolute Gasteiger partial charge is 0.237 e. The zero-order chi connectivity index (χ0) is 13.1. The van der Waals surface area contributed by atoms with Crippen LogP contribution >= 0.6 is 0 Å². The summed E-state index contributed by atoms with van der Waals surface area (Å²) < 4.78 is 10.7. The Labute approximate surface area is 112 Å². The minimum absolute atomic E-state index is 0.618. The summed E-state index contributed by atoms with van der Waals surface area (Å²) in [6.45, 7) is 1.54. The van der Waals surface area contributed by atoms with E-state index < -0.39 is 0 Å². The molecule has 2 aromatic rings. The number of hydrogen-bond donors (Lipinski definition) is 1. The second kappa shape index (κ2) is 5.18. The van der Waals surface area contributed by atoms with Crippen molar-refractivity contribution in [3.8, 4) is 11.6 Å². The van der Waals surface area contributed by atoms with Crippen molar-refractivity contribution in [2.45, 2.75) is 13.0 Å². The predicted octanol–water partition coefficient (Wildman–Crippen LogP) is 2.64. The van der Waals surface area contributed by atoms with E-state index in [1.807, 2.05) is 18.2 Å². The first-order valence-electron chi connectivity index (χ1n) is 6.34. The first-order chi connectivity index (χ1) is 9.36. The highest BCUT2D eigenvalue weighted by molar-refractivity contribution is 5.52. The van der Waals surface area contributed by atoms with Crippen molar-refractivity contribution >= 4 is 5.69 Å². The maximum Gasteiger partial charge on any atom is 0.237 e. The van der Waals surface area contributed by atoms with Gasteiger partial charge < -0.3 is 14.8 Å². The first kappa shape index (κ1) is 11.8. The van der Waals surface area contributed by atoms with Crippen LogP contribution in [-0.4, -0.2) is 18.7 Å². The zero-order valence-corrected chi connectivity index (χ0v) is 10.8. The van der Waals surface area contributed by atoms with Gasteiger partial charge in [-0.15, -0.1) is 0 Å². The highest BCUT2D eigenvalue weighted by atomic mass is 16.5. The van der Waals surface area contributed by atoms with E-state index in [-0.39, 0.29) is 0 Å². The Balaban J connectivity index is 1.72. The van der Waals surface area contributed by atoms with Gasteiger partial charge in [0, 0.05) is 19.2 Å². The summed E-state index contributed by atoms with van der Waals surface area (Å²) in [5.41, 5.74) is 3.43. The number of nitrogens with one attached hydrogen (secondary N) is 1. The Morgan fingerprint density at radius 3 is 3.21 bits per heavy atom. The largest absolute Gasteiger partial charge is 0.493 e. The number of pyridine rings is 1. The van der Waals surface area contributed by atoms with Crippen molar-refractivity contribution in [1.82, 2.24) is 4.98 Å². The molecule has 0 saturated carbocycles. The number of nitrogens with zero attached hydrogens (tertiary/aromatic N) is 1. The van der Waals surface area contributed by atoms with Crippen LogP contribution in [0.4, 0.5) is 5.69 Å². The minimum atomic E-state index is 0.618. The first-order valence-corrected chi connectivity index (χ1v) is 6.34. The number of fused-ring (bicyclic) bond motifs is 1. The number of ether oxygens (including phenoxy) is 2. The molecule has 1 aliphatic rings. The molecule has 0 atom stereocenters. The van der Waals surface area contributed by atoms with Crippen LogP contribution in [0.2, 0.25) is 0 Å². The normalized spacial score (nSPS) is 12.7. The Kier molecular flexibility index (Phi) is 3.23. The average molecular weight is 256 g/mol. The van der Waals surface area contributed by atoms with Gasteiger partial charge in [0.05, 0.1) is 19.4 Å². The van der Waals surface area contributed by atoms with E-state index in [2.05, 4.69) is 22.4 Å². The van der Waals surface area contributed by atoms with Crippen molar-refractivity contribution in [3.05, 3.63) is 47.7 Å². The number of benzene rings is 1. The average Bonchev–Trinajstić information content (AvgIpc) is 2.93. The third-order valence-electron chi connectivity index (χ3n) is 3.20. The molecule has 0 amide bonds. The number of rotatable bonds is 4. The summed E-state index contributed by atoms with van der Waals surface area (Å²) in [5, 5.41) is 3.34. The monoisotopic (exact) mass is 256 g/mol. The summed E-state index contributed by atoms with van der Waals surface area (Å²) in [6, 6.07) is 10.2. The van der Waals surface area contributed by atoms with Gasteiger partial charge in [-0.25, -0.2) is 4.98 Å². The summed E-state index contributed by atoms with van der Waals surface area (Å²) in [5.74, 6) is 1.63. The van der Waals surface area contributed by atoms with E-state index in [0.717, 1.165) is 31.0 Å². The standard InChI is InChI=1S/C15H16N2O2/c1-18-15-13(3-2-7-16-15)17-10-11-4-5-14-12(9-11)6-8-19-14/h2-5,7,9,17H,6,8,10H2,1H3. The molecule has 0 unspecified atom stereocenters. The van der Waals surface area contributed by atoms with Crippen molar-refractivity contribution in [2.75, 3.05) is 19.0 Å². The number of aromatic nitrogens is 1. The third kappa shape index (κ3) is 2.47. The van der Waals surface area contributed by atoms with Crippen LogP contribution in [0.15, 0.2) is 36.5 Å². The number of methoxy groups -OCH3 is 1. The molecule has 19 heavy (non-hydrogen) atoms. The van der Waals surface area contributed by atoms with Gasteiger partial charge in [0.15, 0.2) is 0 Å². The molecular weight excluding hydrogens is 240 g/mol. The topological polar surface area (TPSA) is 43.4 Å². The van der Waals surface area contributed by atoms with Gasteiger partial charge in [-0.1, -0.05) is 12.1 Å². The fourth-order valence-electron chi connectivity index (χ4n) is 2.24. The van der Waals surface area contributed by atoms with Gasteiger partial charge in [0.1, 0.15) is 5.75 Å². The summed E-state index contributed by atoms with van der Waals surface area (Å²) in [6.07, 6.45) is 2.72. The zero-order valence-electron chi connectivity index (χ0n) is 10.8. The highest BCUT2D eigenvalue weighted by Gasteiger charge is 2.12. The van der Waals surface area contributed by atoms with E-state index in [0.29, 0.717) is 5.88 Å². The van der Waals surface area contributed by atoms with Crippen LogP contribution in [0, 0.1) is 0 Å². The van der Waals surface area contributed by atoms with Crippen LogP contribution in [0.5, 0.6) is 11.6 Å². The Morgan fingerprint density at radius 2 is 2.32 bits per heavy atom. The van der Waals surface area contributed by atoms with E-state index in [1.165, 1.54) is 11.1 Å². The number of hydrogen-bond acceptors (Lipinski definition) is 4. The van der Waals surface area contributed by atoms with Crippen LogP contribution in [0.3, 0.4) is 0 Å². The second-order valence-corrected chi connectivity index (χ2v) is 4.45. The van der Waals surface area contributed by atoms with Crippen molar-refractivity contribution in [1.29, 1.82) is 0 Å². The van der Waals surface area contributed by atoms with E-state index in [1.54, 1.807) is 13.3 Å². The molecule has 2 heterocycles. The van der Waals surface area contributed by atoms with Gasteiger partial charge in [0.2, 0.25) is 5.88 Å². The maximum atomic E-state index is 5.50. The SMILES string of the molecule is COc1ncccc1NCc1ccc2c(c1)CCO2. The highest BCUT2D eigenvalue weighted by Crippen LogP contribution is 2.27. The molecule has 0 spiro atoms. The molecule has 0 fully saturated rings. The summed E-state index contributed by atoms with van der Waals surface area (Å²) >= 11 is 0. The lowest BCUT2D eigenvalue weighted by Gasteiger charge is -2.10. The maximum absolute atomic E-state index is 5.50. The Hall–Kier alpha value is -2.23. The number of anilines is 1. The molecule has 3 rings (SSSR count). The third-order valence-corrected chi connectivity index (χ3v) is 3.20. The molecule has 4 heteroatoms. The Morgan fingerprint density at radius 1 is 1.37 bits per heavy atom. The van der Waals surface area contributed by atoms with E-state index in [9.17, 15) is 0 Å². The molecule has 1 aromatic heterocycles. The Bertz CT molecular complexity index is 584. The van der Waals surface area contributed by atoms with Gasteiger partial charge in [-0.05, 0) is 29.3 Å². The summed E-state index contributed by atoms with van der Waals surface area (Å²) in [7, 11) is 1.63. The van der Waals surface area contributed by atoms with Crippen LogP contribution in [0.25, 0.3) is 0 Å². The van der Waals surface area contributed by atoms with E-state index in [4.69, 9.17) is 9.47 Å². The second-order valence-electron chi connectivity index (χ2n) is 4.45. The van der Waals surface area contributed by atoms with E-state index >= 15 is 0 Å². The molecule has 1 N–H and O–H groups in total. The van der Waals surface area contributed by atoms with Gasteiger partial charge in [-0.3, -0.25) is 0 Å². The van der Waals surface area contributed by atoms with Crippen molar-refractivity contribution in [2.24, 2.45) is 0 Å². The minimum Gasteiger partial charge on any atom is -0.493 e. The van der Waals surface area contributed by atoms with Crippen LogP contribution in [0.1, 0.15) is 11.1 Å². The molecular formula is C15H16N2O2. The molecule has 1 aliphatic heterocycles. The van der Waals surface area contributed by atoms with Crippen molar-refractivity contribution < 1.29 is 9.47 Å². The van der Waals surface area contributed by atoms with Crippen LogP contribution < -0.4 is 14.8 Å². The fraction of sp³-hybridized carbons (Fsp3) is 0.267. The molecule has 0 saturated heterocycles. The quantitative estimate of drug-likeness (QED) is 0.913. The van der Waals surface area contributed by atoms with Crippen LogP contribution in [-0.2, 0) is 13.0 Å². The molecule has 98 valence electrons. The molecule has 0 bridgehead atoms. The molecule has 4 nitrogen and oxygen atoms in total. The lowest BCUT2D eigenvalue weighted by Crippen LogP contribution is -2.02. The summed E-state index contributed by atoms with van der Waals surface area (Å²) in [4.78, 5) is 4.16. The van der Waals surface area contributed by atoms with Gasteiger partial charge >= 0.3 is 0 Å². The lowest BCUT2D eigenvalue weighted by molar-refractivity contribution is 0.357. The van der Waals surface area contributed by atoms with Gasteiger partial charge in [0.25, 0.3) is 0 Å². The van der Waals surface area contributed by atoms with Crippen molar-refractivity contribution in [3.63, 3.8) is 0 Å². The predicted molar refractivity (Wildman–Crippen MR) is 73.8 cm³/mol. The molecule has 1 aromatic carbocycles. The molecule has 0 radical (unpaired) electrons. The fourth-order valence-corrected chi connectivity index (χ4v) is 2.24.